The van der Waals surface area contributed by atoms with Gasteiger partial charge in [0.25, 0.3) is 5.91 Å². The molecule has 1 amide bonds. The molecule has 0 radical (unpaired) electrons. The molecule has 1 aromatic heterocycles. The van der Waals surface area contributed by atoms with Crippen molar-refractivity contribution in [1.29, 1.82) is 0 Å². The summed E-state index contributed by atoms with van der Waals surface area (Å²) in [5, 5.41) is 3.70. The Labute approximate surface area is 222 Å². The van der Waals surface area contributed by atoms with Gasteiger partial charge in [0.05, 0.1) is 22.7 Å². The molecule has 1 fully saturated rings. The molecule has 1 saturated carbocycles. The molecule has 3 aromatic rings. The number of carbonyl (C=O) groups is 1. The quantitative estimate of drug-likeness (QED) is 0.384. The van der Waals surface area contributed by atoms with Crippen molar-refractivity contribution in [2.24, 2.45) is 0 Å². The summed E-state index contributed by atoms with van der Waals surface area (Å²) in [4.78, 5) is 17.5. The summed E-state index contributed by atoms with van der Waals surface area (Å²) < 4.78 is 28.4. The molecule has 8 heteroatoms. The summed E-state index contributed by atoms with van der Waals surface area (Å²) >= 11 is 5.97. The Balaban J connectivity index is 1.34. The lowest BCUT2D eigenvalue weighted by Gasteiger charge is -2.23. The number of amides is 1. The first-order chi connectivity index (χ1) is 17.9. The minimum atomic E-state index is -3.83. The van der Waals surface area contributed by atoms with Crippen LogP contribution in [0.1, 0.15) is 47.3 Å². The third-order valence-corrected chi connectivity index (χ3v) is 8.88. The Morgan fingerprint density at radius 2 is 1.76 bits per heavy atom. The number of hydrogen-bond acceptors (Lipinski definition) is 4. The maximum absolute atomic E-state index is 13.5. The van der Waals surface area contributed by atoms with Gasteiger partial charge in [-0.25, -0.2) is 8.42 Å². The minimum absolute atomic E-state index is 0.111. The van der Waals surface area contributed by atoms with Crippen molar-refractivity contribution in [3.8, 4) is 0 Å². The molecular weight excluding hydrogens is 506 g/mol. The average Bonchev–Trinajstić information content (AvgIpc) is 3.70. The fourth-order valence-corrected chi connectivity index (χ4v) is 6.09. The Morgan fingerprint density at radius 3 is 2.38 bits per heavy atom. The van der Waals surface area contributed by atoms with Gasteiger partial charge < -0.3 is 5.32 Å². The summed E-state index contributed by atoms with van der Waals surface area (Å²) in [5.41, 5.74) is 3.03. The van der Waals surface area contributed by atoms with E-state index < -0.39 is 10.0 Å². The molecule has 0 aliphatic heterocycles. The number of sulfonamides is 1. The zero-order valence-electron chi connectivity index (χ0n) is 20.3. The third kappa shape index (κ3) is 5.85. The molecule has 6 nitrogen and oxygen atoms in total. The number of benzene rings is 2. The normalized spacial score (nSPS) is 16.3. The van der Waals surface area contributed by atoms with Crippen molar-refractivity contribution in [2.75, 3.05) is 0 Å². The van der Waals surface area contributed by atoms with Gasteiger partial charge in [0.2, 0.25) is 10.0 Å². The maximum atomic E-state index is 13.5. The van der Waals surface area contributed by atoms with Gasteiger partial charge in [0.15, 0.2) is 0 Å². The van der Waals surface area contributed by atoms with Crippen molar-refractivity contribution in [3.05, 3.63) is 119 Å². The van der Waals surface area contributed by atoms with Crippen LogP contribution in [0.3, 0.4) is 0 Å². The molecule has 1 N–H and O–H groups in total. The van der Waals surface area contributed by atoms with Crippen LogP contribution in [0.25, 0.3) is 0 Å². The van der Waals surface area contributed by atoms with Gasteiger partial charge >= 0.3 is 0 Å². The first kappa shape index (κ1) is 25.4. The number of rotatable bonds is 9. The van der Waals surface area contributed by atoms with Gasteiger partial charge in [-0.3, -0.25) is 9.78 Å². The molecule has 2 aromatic carbocycles. The molecule has 0 spiro atoms. The highest BCUT2D eigenvalue weighted by molar-refractivity contribution is 7.89. The van der Waals surface area contributed by atoms with Crippen molar-refractivity contribution in [1.82, 2.24) is 14.6 Å². The molecule has 190 valence electrons. The second-order valence-electron chi connectivity index (χ2n) is 9.44. The summed E-state index contributed by atoms with van der Waals surface area (Å²) in [6.45, 7) is 0.243. The second-order valence-corrected chi connectivity index (χ2v) is 11.8. The molecule has 2 aliphatic rings. The number of nitrogens with zero attached hydrogens (tertiary/aromatic N) is 2. The zero-order valence-corrected chi connectivity index (χ0v) is 21.9. The van der Waals surface area contributed by atoms with E-state index in [4.69, 9.17) is 11.6 Å². The Kier molecular flexibility index (Phi) is 7.29. The van der Waals surface area contributed by atoms with E-state index in [1.165, 1.54) is 22.0 Å². The van der Waals surface area contributed by atoms with E-state index in [2.05, 4.69) is 28.5 Å². The second kappa shape index (κ2) is 10.6. The predicted octanol–water partition coefficient (Wildman–Crippen LogP) is 5.66. The first-order valence-electron chi connectivity index (χ1n) is 12.3. The molecule has 0 unspecified atom stereocenters. The van der Waals surface area contributed by atoms with E-state index in [1.807, 2.05) is 6.07 Å². The maximum Gasteiger partial charge on any atom is 0.251 e. The molecule has 0 atom stereocenters. The van der Waals surface area contributed by atoms with Crippen molar-refractivity contribution >= 4 is 27.5 Å². The first-order valence-corrected chi connectivity index (χ1v) is 14.1. The summed E-state index contributed by atoms with van der Waals surface area (Å²) in [6, 6.07) is 18.7. The van der Waals surface area contributed by atoms with Crippen LogP contribution in [-0.2, 0) is 23.1 Å². The molecule has 0 saturated heterocycles. The van der Waals surface area contributed by atoms with Crippen LogP contribution in [0, 0.1) is 0 Å². The SMILES string of the molecule is O=C(NC1(C2=CC=CCC2)CC1)c1ccc(CN(Cc2ccccn2)S(=O)(=O)c2ccc(Cl)cc2)cc1. The third-order valence-electron chi connectivity index (χ3n) is 6.82. The van der Waals surface area contributed by atoms with Crippen LogP contribution in [0.5, 0.6) is 0 Å². The lowest BCUT2D eigenvalue weighted by molar-refractivity contribution is 0.0937. The van der Waals surface area contributed by atoms with E-state index in [0.717, 1.165) is 31.2 Å². The van der Waals surface area contributed by atoms with E-state index in [-0.39, 0.29) is 29.4 Å². The number of aromatic nitrogens is 1. The number of hydrogen-bond donors (Lipinski definition) is 1. The molecule has 37 heavy (non-hydrogen) atoms. The van der Waals surface area contributed by atoms with E-state index in [9.17, 15) is 13.2 Å². The van der Waals surface area contributed by atoms with Gasteiger partial charge in [-0.1, -0.05) is 48.0 Å². The Bertz CT molecular complexity index is 1430. The highest BCUT2D eigenvalue weighted by atomic mass is 35.5. The summed E-state index contributed by atoms with van der Waals surface area (Å²) in [6.07, 6.45) is 11.9. The van der Waals surface area contributed by atoms with Gasteiger partial charge in [-0.15, -0.1) is 0 Å². The van der Waals surface area contributed by atoms with Crippen molar-refractivity contribution in [3.63, 3.8) is 0 Å². The smallest absolute Gasteiger partial charge is 0.251 e. The zero-order chi connectivity index (χ0) is 25.9. The minimum Gasteiger partial charge on any atom is -0.343 e. The summed E-state index contributed by atoms with van der Waals surface area (Å²) in [7, 11) is -3.83. The summed E-state index contributed by atoms with van der Waals surface area (Å²) in [5.74, 6) is -0.112. The van der Waals surface area contributed by atoms with Crippen LogP contribution < -0.4 is 5.32 Å². The van der Waals surface area contributed by atoms with Gasteiger partial charge in [-0.05, 0) is 85.4 Å². The number of halogens is 1. The number of nitrogens with one attached hydrogen (secondary N) is 1. The van der Waals surface area contributed by atoms with Crippen LogP contribution >= 0.6 is 11.6 Å². The largest absolute Gasteiger partial charge is 0.343 e. The van der Waals surface area contributed by atoms with E-state index in [0.29, 0.717) is 16.3 Å². The Morgan fingerprint density at radius 1 is 1.00 bits per heavy atom. The van der Waals surface area contributed by atoms with Crippen LogP contribution in [-0.4, -0.2) is 29.2 Å². The molecular formula is C29H28ClN3O3S. The lowest BCUT2D eigenvalue weighted by atomic mass is 9.95. The van der Waals surface area contributed by atoms with Crippen molar-refractivity contribution in [2.45, 2.75) is 49.2 Å². The van der Waals surface area contributed by atoms with Gasteiger partial charge in [0, 0.05) is 23.3 Å². The monoisotopic (exact) mass is 533 g/mol. The fraction of sp³-hybridized carbons (Fsp3) is 0.241. The topological polar surface area (TPSA) is 79.4 Å². The van der Waals surface area contributed by atoms with E-state index >= 15 is 0 Å². The van der Waals surface area contributed by atoms with Crippen molar-refractivity contribution < 1.29 is 13.2 Å². The number of allylic oxidation sites excluding steroid dienone is 3. The van der Waals surface area contributed by atoms with Crippen LogP contribution in [0.2, 0.25) is 5.02 Å². The standard InChI is InChI=1S/C29H28ClN3O3S/c30-25-13-15-27(16-14-25)37(35,36)33(21-26-8-4-5-19-31-26)20-22-9-11-23(12-10-22)28(34)32-29(17-18-29)24-6-2-1-3-7-24/h1-2,4-6,8-16,19H,3,7,17-18,20-21H2,(H,32,34). The molecule has 2 aliphatic carbocycles. The van der Waals surface area contributed by atoms with Crippen LogP contribution in [0.4, 0.5) is 0 Å². The predicted molar refractivity (Wildman–Crippen MR) is 144 cm³/mol. The van der Waals surface area contributed by atoms with Crippen LogP contribution in [0.15, 0.2) is 102 Å². The lowest BCUT2D eigenvalue weighted by Crippen LogP contribution is -2.38. The molecule has 0 bridgehead atoms. The number of pyridine rings is 1. The molecule has 5 rings (SSSR count). The van der Waals surface area contributed by atoms with E-state index in [1.54, 1.807) is 54.7 Å². The Hall–Kier alpha value is -3.26. The van der Waals surface area contributed by atoms with Gasteiger partial charge in [0.1, 0.15) is 0 Å². The highest BCUT2D eigenvalue weighted by Gasteiger charge is 2.46. The van der Waals surface area contributed by atoms with Gasteiger partial charge in [-0.2, -0.15) is 4.31 Å². The number of carbonyl (C=O) groups excluding carboxylic acids is 1. The average molecular weight is 534 g/mol. The molecule has 1 heterocycles. The highest BCUT2D eigenvalue weighted by Crippen LogP contribution is 2.45. The fourth-order valence-electron chi connectivity index (χ4n) is 4.56.